The number of esters is 1. The van der Waals surface area contributed by atoms with Crippen molar-refractivity contribution in [1.82, 2.24) is 4.72 Å². The number of rotatable bonds is 8. The van der Waals surface area contributed by atoms with E-state index in [0.29, 0.717) is 0 Å². The molecule has 7 heteroatoms. The molecule has 1 N–H and O–H groups in total. The molecule has 0 saturated heterocycles. The highest BCUT2D eigenvalue weighted by atomic mass is 32.2. The van der Waals surface area contributed by atoms with Gasteiger partial charge in [0.25, 0.3) is 0 Å². The molecule has 6 nitrogen and oxygen atoms in total. The lowest BCUT2D eigenvalue weighted by Gasteiger charge is -2.33. The molecule has 148 valence electrons. The number of hydrogen-bond acceptors (Lipinski definition) is 5. The Bertz CT molecular complexity index is 981. The lowest BCUT2D eigenvalue weighted by Crippen LogP contribution is -2.55. The predicted octanol–water partition coefficient (Wildman–Crippen LogP) is 2.88. The number of benzene rings is 2. The average Bonchev–Trinajstić information content (AvgIpc) is 2.66. The van der Waals surface area contributed by atoms with Crippen LogP contribution >= 0.6 is 0 Å². The van der Waals surface area contributed by atoms with E-state index in [1.807, 2.05) is 6.92 Å². The number of nitrogens with one attached hydrogen (secondary N) is 1. The van der Waals surface area contributed by atoms with E-state index < -0.39 is 27.3 Å². The Labute approximate surface area is 165 Å². The zero-order valence-electron chi connectivity index (χ0n) is 16.1. The van der Waals surface area contributed by atoms with Crippen LogP contribution in [0.25, 0.3) is 0 Å². The van der Waals surface area contributed by atoms with Gasteiger partial charge < -0.3 is 4.74 Å². The zero-order chi connectivity index (χ0) is 20.9. The van der Waals surface area contributed by atoms with E-state index >= 15 is 0 Å². The third-order valence-electron chi connectivity index (χ3n) is 4.28. The maximum absolute atomic E-state index is 13.1. The first-order valence-corrected chi connectivity index (χ1v) is 10.2. The standard InChI is InChI=1S/C21H23NO5S/c1-5-27-20(24)21(16(3)17(4)23,18-9-7-6-8-10-18)22-28(25,26)19-13-11-15(2)12-14-19/h6-14,22H,3,5H2,1-2,4H3/t21-/m0/s1. The van der Waals surface area contributed by atoms with Gasteiger partial charge in [0.1, 0.15) is 0 Å². The van der Waals surface area contributed by atoms with E-state index in [4.69, 9.17) is 4.74 Å². The lowest BCUT2D eigenvalue weighted by atomic mass is 9.82. The number of carbonyl (C=O) groups is 2. The summed E-state index contributed by atoms with van der Waals surface area (Å²) in [5, 5.41) is 0. The molecule has 2 aromatic rings. The van der Waals surface area contributed by atoms with Gasteiger partial charge in [-0.05, 0) is 38.5 Å². The van der Waals surface area contributed by atoms with Gasteiger partial charge in [-0.15, -0.1) is 0 Å². The van der Waals surface area contributed by atoms with Crippen LogP contribution in [0.1, 0.15) is 25.0 Å². The number of carbonyl (C=O) groups excluding carboxylic acids is 2. The van der Waals surface area contributed by atoms with Gasteiger partial charge in [0, 0.05) is 5.57 Å². The van der Waals surface area contributed by atoms with E-state index in [0.717, 1.165) is 5.56 Å². The quantitative estimate of drug-likeness (QED) is 0.543. The van der Waals surface area contributed by atoms with Crippen LogP contribution in [-0.2, 0) is 29.9 Å². The Morgan fingerprint density at radius 1 is 1.07 bits per heavy atom. The summed E-state index contributed by atoms with van der Waals surface area (Å²) < 4.78 is 33.8. The molecule has 0 heterocycles. The van der Waals surface area contributed by atoms with Crippen LogP contribution in [0.15, 0.2) is 71.6 Å². The summed E-state index contributed by atoms with van der Waals surface area (Å²) in [6.07, 6.45) is 0. The maximum Gasteiger partial charge on any atom is 0.336 e. The van der Waals surface area contributed by atoms with E-state index in [2.05, 4.69) is 11.3 Å². The maximum atomic E-state index is 13.1. The molecule has 0 unspecified atom stereocenters. The average molecular weight is 401 g/mol. The zero-order valence-corrected chi connectivity index (χ0v) is 16.9. The van der Waals surface area contributed by atoms with Crippen molar-refractivity contribution in [2.75, 3.05) is 6.61 Å². The largest absolute Gasteiger partial charge is 0.464 e. The van der Waals surface area contributed by atoms with Crippen molar-refractivity contribution >= 4 is 21.8 Å². The van der Waals surface area contributed by atoms with Crippen LogP contribution in [0.5, 0.6) is 0 Å². The third kappa shape index (κ3) is 4.21. The molecule has 28 heavy (non-hydrogen) atoms. The molecule has 0 aliphatic rings. The number of ketones is 1. The van der Waals surface area contributed by atoms with Crippen molar-refractivity contribution in [2.45, 2.75) is 31.2 Å². The highest BCUT2D eigenvalue weighted by molar-refractivity contribution is 7.89. The number of hydrogen-bond donors (Lipinski definition) is 1. The SMILES string of the molecule is C=C(C(C)=O)[C@@](NS(=O)(=O)c1ccc(C)cc1)(C(=O)OCC)c1ccccc1. The second-order valence-corrected chi connectivity index (χ2v) is 7.97. The van der Waals surface area contributed by atoms with Gasteiger partial charge in [-0.25, -0.2) is 13.2 Å². The molecule has 0 aliphatic carbocycles. The first kappa shape index (κ1) is 21.5. The van der Waals surface area contributed by atoms with E-state index in [9.17, 15) is 18.0 Å². The van der Waals surface area contributed by atoms with Crippen LogP contribution < -0.4 is 4.72 Å². The molecular formula is C21H23NO5S. The van der Waals surface area contributed by atoms with Crippen molar-refractivity contribution in [3.8, 4) is 0 Å². The van der Waals surface area contributed by atoms with Crippen LogP contribution in [0, 0.1) is 6.92 Å². The molecular weight excluding hydrogens is 378 g/mol. The third-order valence-corrected chi connectivity index (χ3v) is 5.75. The van der Waals surface area contributed by atoms with Gasteiger partial charge in [-0.1, -0.05) is 54.6 Å². The Morgan fingerprint density at radius 3 is 2.14 bits per heavy atom. The fourth-order valence-corrected chi connectivity index (χ4v) is 4.09. The van der Waals surface area contributed by atoms with E-state index in [1.165, 1.54) is 19.1 Å². The first-order chi connectivity index (χ1) is 13.1. The molecule has 2 aromatic carbocycles. The minimum atomic E-state index is -4.19. The van der Waals surface area contributed by atoms with Crippen molar-refractivity contribution in [2.24, 2.45) is 0 Å². The van der Waals surface area contributed by atoms with Gasteiger partial charge in [0.15, 0.2) is 11.3 Å². The summed E-state index contributed by atoms with van der Waals surface area (Å²) in [6.45, 7) is 8.37. The minimum absolute atomic E-state index is 0.00482. The summed E-state index contributed by atoms with van der Waals surface area (Å²) in [5.74, 6) is -1.46. The number of ether oxygens (including phenoxy) is 1. The number of sulfonamides is 1. The van der Waals surface area contributed by atoms with Gasteiger partial charge in [0.2, 0.25) is 10.0 Å². The van der Waals surface area contributed by atoms with Crippen LogP contribution in [-0.4, -0.2) is 26.8 Å². The van der Waals surface area contributed by atoms with Crippen LogP contribution in [0.2, 0.25) is 0 Å². The predicted molar refractivity (Wildman–Crippen MR) is 106 cm³/mol. The molecule has 0 amide bonds. The summed E-state index contributed by atoms with van der Waals surface area (Å²) in [7, 11) is -4.19. The Hall–Kier alpha value is -2.77. The van der Waals surface area contributed by atoms with Gasteiger partial charge in [-0.2, -0.15) is 4.72 Å². The number of aryl methyl sites for hydroxylation is 1. The summed E-state index contributed by atoms with van der Waals surface area (Å²) in [6, 6.07) is 14.2. The Kier molecular flexibility index (Phi) is 6.53. The molecule has 0 aromatic heterocycles. The smallest absolute Gasteiger partial charge is 0.336 e. The Balaban J connectivity index is 2.72. The van der Waals surface area contributed by atoms with Crippen LogP contribution in [0.3, 0.4) is 0 Å². The molecule has 2 rings (SSSR count). The fraction of sp³-hybridized carbons (Fsp3) is 0.238. The molecule has 1 atom stereocenters. The normalized spacial score (nSPS) is 13.4. The second kappa shape index (κ2) is 8.50. The monoisotopic (exact) mass is 401 g/mol. The van der Waals surface area contributed by atoms with Crippen molar-refractivity contribution < 1.29 is 22.7 Å². The van der Waals surface area contributed by atoms with Crippen LogP contribution in [0.4, 0.5) is 0 Å². The summed E-state index contributed by atoms with van der Waals surface area (Å²) in [4.78, 5) is 25.2. The fourth-order valence-electron chi connectivity index (χ4n) is 2.75. The highest BCUT2D eigenvalue weighted by Gasteiger charge is 2.49. The number of Topliss-reactive ketones (excluding diaryl/α,β-unsaturated/α-hetero) is 1. The van der Waals surface area contributed by atoms with Crippen molar-refractivity contribution in [3.63, 3.8) is 0 Å². The Morgan fingerprint density at radius 2 is 1.64 bits per heavy atom. The molecule has 0 spiro atoms. The van der Waals surface area contributed by atoms with Gasteiger partial charge >= 0.3 is 5.97 Å². The molecule has 0 fully saturated rings. The summed E-state index contributed by atoms with van der Waals surface area (Å²) in [5.41, 5.74) is -1.18. The molecule has 0 saturated carbocycles. The topological polar surface area (TPSA) is 89.5 Å². The lowest BCUT2D eigenvalue weighted by molar-refractivity contribution is -0.150. The van der Waals surface area contributed by atoms with E-state index in [1.54, 1.807) is 49.4 Å². The summed E-state index contributed by atoms with van der Waals surface area (Å²) >= 11 is 0. The molecule has 0 aliphatic heterocycles. The second-order valence-electron chi connectivity index (χ2n) is 6.29. The molecule has 0 bridgehead atoms. The van der Waals surface area contributed by atoms with Crippen molar-refractivity contribution in [1.29, 1.82) is 0 Å². The molecule has 0 radical (unpaired) electrons. The minimum Gasteiger partial charge on any atom is -0.464 e. The highest BCUT2D eigenvalue weighted by Crippen LogP contribution is 2.33. The first-order valence-electron chi connectivity index (χ1n) is 8.69. The van der Waals surface area contributed by atoms with Gasteiger partial charge in [0.05, 0.1) is 11.5 Å². The van der Waals surface area contributed by atoms with E-state index in [-0.39, 0.29) is 22.6 Å². The van der Waals surface area contributed by atoms with Gasteiger partial charge in [-0.3, -0.25) is 4.79 Å². The van der Waals surface area contributed by atoms with Crippen molar-refractivity contribution in [3.05, 3.63) is 77.9 Å².